The molecule has 0 unspecified atom stereocenters. The number of amides is 1. The Bertz CT molecular complexity index is 1690. The molecule has 406 valence electrons. The quantitative estimate of drug-likeness (QED) is 0.0502. The molecule has 0 aromatic heterocycles. The monoisotopic (exact) mass is 1010 g/mol. The molecule has 0 aliphatic heterocycles. The zero-order chi connectivity index (χ0) is 50.6. The van der Waals surface area contributed by atoms with E-state index in [-0.39, 0.29) is 12.0 Å². The van der Waals surface area contributed by atoms with Crippen LogP contribution in [-0.2, 0) is 68.0 Å². The van der Waals surface area contributed by atoms with E-state index in [1.165, 1.54) is 71.2 Å². The molecule has 1 aliphatic rings. The van der Waals surface area contributed by atoms with Crippen molar-refractivity contribution in [2.45, 2.75) is 57.8 Å². The molecule has 0 saturated carbocycles. The summed E-state index contributed by atoms with van der Waals surface area (Å²) in [5, 5.41) is 0. The van der Waals surface area contributed by atoms with Gasteiger partial charge in [0, 0.05) is 19.5 Å². The molecule has 0 N–H and O–H groups in total. The summed E-state index contributed by atoms with van der Waals surface area (Å²) < 4.78 is 78.2. The summed E-state index contributed by atoms with van der Waals surface area (Å²) in [6.45, 7) is 15.1. The van der Waals surface area contributed by atoms with Gasteiger partial charge in [-0.1, -0.05) is 99.7 Å². The van der Waals surface area contributed by atoms with Crippen LogP contribution in [0.15, 0.2) is 72.8 Å². The van der Waals surface area contributed by atoms with Crippen molar-refractivity contribution in [3.05, 3.63) is 89.5 Å². The van der Waals surface area contributed by atoms with Gasteiger partial charge in [-0.3, -0.25) is 0 Å². The van der Waals surface area contributed by atoms with Crippen molar-refractivity contribution in [1.29, 1.82) is 0 Å². The second-order valence-corrected chi connectivity index (χ2v) is 17.1. The van der Waals surface area contributed by atoms with Crippen LogP contribution in [0.1, 0.15) is 68.1 Å². The van der Waals surface area contributed by atoms with Gasteiger partial charge in [0.2, 0.25) is 0 Å². The fourth-order valence-corrected chi connectivity index (χ4v) is 7.60. The van der Waals surface area contributed by atoms with Gasteiger partial charge in [-0.15, -0.1) is 0 Å². The zero-order valence-corrected chi connectivity index (χ0v) is 43.6. The lowest BCUT2D eigenvalue weighted by Crippen LogP contribution is -2.32. The van der Waals surface area contributed by atoms with Crippen molar-refractivity contribution in [3.8, 4) is 16.9 Å². The molecule has 0 spiro atoms. The van der Waals surface area contributed by atoms with Crippen LogP contribution in [0, 0.1) is 0 Å². The summed E-state index contributed by atoms with van der Waals surface area (Å²) in [7, 11) is 1.72. The summed E-state index contributed by atoms with van der Waals surface area (Å²) in [6.07, 6.45) is 8.69. The molecule has 1 amide bonds. The highest BCUT2D eigenvalue weighted by Gasteiger charge is 2.29. The molecule has 0 fully saturated rings. The first-order valence-electron chi connectivity index (χ1n) is 26.4. The van der Waals surface area contributed by atoms with E-state index >= 15 is 0 Å². The molecule has 3 aromatic rings. The maximum atomic E-state index is 12.7. The van der Waals surface area contributed by atoms with Gasteiger partial charge < -0.3 is 71.2 Å². The Labute approximate surface area is 430 Å². The van der Waals surface area contributed by atoms with E-state index in [1.807, 2.05) is 36.4 Å². The van der Waals surface area contributed by atoms with Gasteiger partial charge in [-0.25, -0.2) is 4.79 Å². The Hall–Kier alpha value is -3.75. The van der Waals surface area contributed by atoms with Crippen molar-refractivity contribution < 1.29 is 71.1 Å². The predicted octanol–water partition coefficient (Wildman–Crippen LogP) is 8.05. The first kappa shape index (κ1) is 60.8. The molecule has 0 radical (unpaired) electrons. The van der Waals surface area contributed by atoms with Crippen molar-refractivity contribution in [2.24, 2.45) is 0 Å². The summed E-state index contributed by atoms with van der Waals surface area (Å²) >= 11 is 0. The number of carbonyl (C=O) groups is 1. The number of benzene rings is 3. The van der Waals surface area contributed by atoms with Gasteiger partial charge in [0.1, 0.15) is 19.0 Å². The second-order valence-electron chi connectivity index (χ2n) is 17.1. The number of nitrogens with zero attached hydrogens (tertiary/aromatic N) is 1. The number of hydrogen-bond donors (Lipinski definition) is 0. The van der Waals surface area contributed by atoms with Crippen LogP contribution in [0.5, 0.6) is 5.75 Å². The Morgan fingerprint density at radius 2 is 0.764 bits per heavy atom. The Morgan fingerprint density at radius 1 is 0.417 bits per heavy atom. The first-order chi connectivity index (χ1) is 35.7. The summed E-state index contributed by atoms with van der Waals surface area (Å²) in [4.78, 5) is 14.2. The van der Waals surface area contributed by atoms with Crippen LogP contribution in [0.2, 0.25) is 0 Å². The molecule has 0 saturated heterocycles. The Morgan fingerprint density at radius 3 is 1.17 bits per heavy atom. The van der Waals surface area contributed by atoms with Crippen LogP contribution >= 0.6 is 0 Å². The molecular formula is C56H87NO15. The van der Waals surface area contributed by atoms with Crippen molar-refractivity contribution in [2.75, 3.05) is 185 Å². The Balaban J connectivity index is 0.758. The highest BCUT2D eigenvalue weighted by molar-refractivity contribution is 5.79. The number of aryl methyl sites for hydroxylation is 1. The average Bonchev–Trinajstić information content (AvgIpc) is 3.73. The third-order valence-corrected chi connectivity index (χ3v) is 11.5. The number of likely N-dealkylation sites (N-methyl/N-ethyl adjacent to an activating group) is 1. The van der Waals surface area contributed by atoms with Crippen LogP contribution in [-0.4, -0.2) is 196 Å². The summed E-state index contributed by atoms with van der Waals surface area (Å²) in [5.74, 6) is 0.915. The highest BCUT2D eigenvalue weighted by atomic mass is 16.6. The largest absolute Gasteiger partial charge is 0.491 e. The maximum absolute atomic E-state index is 12.7. The van der Waals surface area contributed by atoms with E-state index in [1.54, 1.807) is 7.05 Å². The van der Waals surface area contributed by atoms with Gasteiger partial charge in [0.15, 0.2) is 0 Å². The smallest absolute Gasteiger partial charge is 0.409 e. The predicted molar refractivity (Wildman–Crippen MR) is 277 cm³/mol. The molecule has 16 nitrogen and oxygen atoms in total. The molecule has 4 rings (SSSR count). The van der Waals surface area contributed by atoms with Gasteiger partial charge in [0.05, 0.1) is 159 Å². The molecule has 0 heterocycles. The molecule has 16 heteroatoms. The fourth-order valence-electron chi connectivity index (χ4n) is 7.60. The van der Waals surface area contributed by atoms with E-state index in [9.17, 15) is 4.79 Å². The standard InChI is InChI=1S/C56H87NO15/c1-3-4-5-6-7-8-13-49-18-20-50(21-19-49)71-47-46-70-45-44-69-43-42-68-41-40-67-39-38-66-37-36-65-35-34-64-33-32-63-31-30-62-29-28-61-27-26-60-25-24-59-23-22-57(2)56(58)72-48-55-53-16-11-9-14-51(53)52-15-10-12-17-54(52)55/h9-12,14-21,55H,3-8,13,22-48H2,1-2H3. The number of hydrogen-bond acceptors (Lipinski definition) is 15. The molecule has 3 aromatic carbocycles. The van der Waals surface area contributed by atoms with Crippen molar-refractivity contribution >= 4 is 6.09 Å². The molecule has 0 atom stereocenters. The van der Waals surface area contributed by atoms with E-state index in [0.717, 1.165) is 12.2 Å². The van der Waals surface area contributed by atoms with Crippen LogP contribution in [0.4, 0.5) is 4.79 Å². The number of fused-ring (bicyclic) bond motifs is 3. The number of carbonyl (C=O) groups excluding carboxylic acids is 1. The number of ether oxygens (including phenoxy) is 14. The lowest BCUT2D eigenvalue weighted by Gasteiger charge is -2.19. The van der Waals surface area contributed by atoms with E-state index in [0.29, 0.717) is 178 Å². The first-order valence-corrected chi connectivity index (χ1v) is 26.4. The van der Waals surface area contributed by atoms with Crippen LogP contribution < -0.4 is 4.74 Å². The number of rotatable bonds is 49. The lowest BCUT2D eigenvalue weighted by molar-refractivity contribution is -0.0286. The minimum absolute atomic E-state index is 0.0345. The van der Waals surface area contributed by atoms with E-state index in [4.69, 9.17) is 66.3 Å². The van der Waals surface area contributed by atoms with Gasteiger partial charge in [0.25, 0.3) is 0 Å². The summed E-state index contributed by atoms with van der Waals surface area (Å²) in [5.41, 5.74) is 6.16. The van der Waals surface area contributed by atoms with Crippen molar-refractivity contribution in [3.63, 3.8) is 0 Å². The molecule has 0 bridgehead atoms. The fraction of sp³-hybridized carbons (Fsp3) is 0.661. The average molecular weight is 1010 g/mol. The zero-order valence-electron chi connectivity index (χ0n) is 43.6. The maximum Gasteiger partial charge on any atom is 0.409 e. The molecule has 72 heavy (non-hydrogen) atoms. The van der Waals surface area contributed by atoms with Crippen molar-refractivity contribution in [1.82, 2.24) is 4.90 Å². The molecule has 1 aliphatic carbocycles. The van der Waals surface area contributed by atoms with Crippen LogP contribution in [0.3, 0.4) is 0 Å². The van der Waals surface area contributed by atoms with E-state index in [2.05, 4.69) is 43.3 Å². The SMILES string of the molecule is CCCCCCCCc1ccc(OCCOCCOCCOCCOCCOCCOCCOCCOCCOCCOCCOCCOCCN(C)C(=O)OCC2c3ccccc3-c3ccccc32)cc1. The topological polar surface area (TPSA) is 150 Å². The van der Waals surface area contributed by atoms with Gasteiger partial charge in [-0.2, -0.15) is 0 Å². The minimum atomic E-state index is -0.366. The second kappa shape index (κ2) is 42.6. The summed E-state index contributed by atoms with van der Waals surface area (Å²) in [6, 6.07) is 25.0. The lowest BCUT2D eigenvalue weighted by atomic mass is 9.98. The normalized spacial score (nSPS) is 12.1. The highest BCUT2D eigenvalue weighted by Crippen LogP contribution is 2.44. The van der Waals surface area contributed by atoms with Crippen LogP contribution in [0.25, 0.3) is 11.1 Å². The molecular weight excluding hydrogens is 927 g/mol. The third kappa shape index (κ3) is 28.6. The number of unbranched alkanes of at least 4 members (excludes halogenated alkanes) is 5. The minimum Gasteiger partial charge on any atom is -0.491 e. The third-order valence-electron chi connectivity index (χ3n) is 11.5. The van der Waals surface area contributed by atoms with Gasteiger partial charge in [-0.05, 0) is 52.8 Å². The van der Waals surface area contributed by atoms with E-state index < -0.39 is 0 Å². The van der Waals surface area contributed by atoms with Gasteiger partial charge >= 0.3 is 6.09 Å². The Kier molecular flexibility index (Phi) is 36.0.